The molecule has 0 aliphatic heterocycles. The van der Waals surface area contributed by atoms with Crippen molar-refractivity contribution in [3.63, 3.8) is 0 Å². The number of benzene rings is 1. The van der Waals surface area contributed by atoms with Crippen LogP contribution in [0, 0.1) is 18.8 Å². The molecule has 3 heteroatoms. The van der Waals surface area contributed by atoms with E-state index >= 15 is 0 Å². The van der Waals surface area contributed by atoms with Gasteiger partial charge in [-0.05, 0) is 49.3 Å². The zero-order valence-electron chi connectivity index (χ0n) is 11.3. The van der Waals surface area contributed by atoms with Crippen LogP contribution in [0.2, 0.25) is 5.02 Å². The number of nitrogen functional groups attached to an aromatic ring is 1. The first-order chi connectivity index (χ1) is 8.56. The van der Waals surface area contributed by atoms with Gasteiger partial charge in [-0.2, -0.15) is 0 Å². The fourth-order valence-electron chi connectivity index (χ4n) is 2.89. The van der Waals surface area contributed by atoms with E-state index in [-0.39, 0.29) is 0 Å². The van der Waals surface area contributed by atoms with E-state index in [1.807, 2.05) is 12.1 Å². The lowest BCUT2D eigenvalue weighted by Crippen LogP contribution is -2.21. The molecule has 2 atom stereocenters. The largest absolute Gasteiger partial charge is 0.398 e. The number of hydrogen-bond donors (Lipinski definition) is 2. The van der Waals surface area contributed by atoms with E-state index in [1.54, 1.807) is 0 Å². The van der Waals surface area contributed by atoms with Crippen molar-refractivity contribution in [2.45, 2.75) is 39.5 Å². The Kier molecular flexibility index (Phi) is 4.39. The highest BCUT2D eigenvalue weighted by Crippen LogP contribution is 2.30. The van der Waals surface area contributed by atoms with Crippen LogP contribution in [-0.4, -0.2) is 6.54 Å². The van der Waals surface area contributed by atoms with E-state index in [9.17, 15) is 0 Å². The molecule has 1 aromatic rings. The molecule has 0 bridgehead atoms. The van der Waals surface area contributed by atoms with Crippen LogP contribution in [0.5, 0.6) is 0 Å². The van der Waals surface area contributed by atoms with Gasteiger partial charge in [0.25, 0.3) is 0 Å². The summed E-state index contributed by atoms with van der Waals surface area (Å²) in [6, 6.07) is 3.88. The van der Waals surface area contributed by atoms with E-state index in [2.05, 4.69) is 19.2 Å². The summed E-state index contributed by atoms with van der Waals surface area (Å²) in [5, 5.41) is 4.17. The lowest BCUT2D eigenvalue weighted by molar-refractivity contribution is 0.293. The van der Waals surface area contributed by atoms with Gasteiger partial charge in [0.15, 0.2) is 0 Å². The molecule has 3 N–H and O–H groups in total. The van der Waals surface area contributed by atoms with E-state index in [0.29, 0.717) is 10.7 Å². The number of anilines is 2. The smallest absolute Gasteiger partial charge is 0.0656 e. The first-order valence-corrected chi connectivity index (χ1v) is 7.23. The molecule has 1 aliphatic carbocycles. The van der Waals surface area contributed by atoms with Gasteiger partial charge >= 0.3 is 0 Å². The molecule has 1 aliphatic rings. The third-order valence-electron chi connectivity index (χ3n) is 3.97. The van der Waals surface area contributed by atoms with Crippen molar-refractivity contribution >= 4 is 23.0 Å². The van der Waals surface area contributed by atoms with Crippen molar-refractivity contribution in [1.82, 2.24) is 0 Å². The molecule has 2 nitrogen and oxygen atoms in total. The van der Waals surface area contributed by atoms with E-state index in [0.717, 1.165) is 24.1 Å². The molecular weight excluding hydrogens is 244 g/mol. The van der Waals surface area contributed by atoms with Crippen LogP contribution in [0.4, 0.5) is 11.4 Å². The number of halogens is 1. The summed E-state index contributed by atoms with van der Waals surface area (Å²) in [5.41, 5.74) is 8.73. The van der Waals surface area contributed by atoms with Gasteiger partial charge in [0.1, 0.15) is 0 Å². The Morgan fingerprint density at radius 1 is 1.39 bits per heavy atom. The molecule has 0 radical (unpaired) electrons. The number of hydrogen-bond acceptors (Lipinski definition) is 2. The molecule has 0 spiro atoms. The van der Waals surface area contributed by atoms with Crippen molar-refractivity contribution in [1.29, 1.82) is 0 Å². The maximum atomic E-state index is 6.07. The second-order valence-corrected chi connectivity index (χ2v) is 6.11. The summed E-state index contributed by atoms with van der Waals surface area (Å²) in [5.74, 6) is 1.67. The van der Waals surface area contributed by atoms with Gasteiger partial charge in [-0.15, -0.1) is 0 Å². The Morgan fingerprint density at radius 3 is 2.89 bits per heavy atom. The fourth-order valence-corrected chi connectivity index (χ4v) is 3.06. The van der Waals surface area contributed by atoms with Crippen LogP contribution >= 0.6 is 11.6 Å². The molecule has 1 saturated carbocycles. The van der Waals surface area contributed by atoms with Crippen molar-refractivity contribution in [2.75, 3.05) is 17.6 Å². The lowest BCUT2D eigenvalue weighted by atomic mass is 9.82. The van der Waals surface area contributed by atoms with Crippen molar-refractivity contribution in [2.24, 2.45) is 11.8 Å². The van der Waals surface area contributed by atoms with Gasteiger partial charge in [0.2, 0.25) is 0 Å². The highest BCUT2D eigenvalue weighted by molar-refractivity contribution is 6.33. The summed E-state index contributed by atoms with van der Waals surface area (Å²) >= 11 is 6.07. The molecule has 0 heterocycles. The van der Waals surface area contributed by atoms with Gasteiger partial charge in [0.05, 0.1) is 10.7 Å². The Morgan fingerprint density at radius 2 is 2.17 bits per heavy atom. The minimum absolute atomic E-state index is 0.639. The molecule has 18 heavy (non-hydrogen) atoms. The number of nitrogens with one attached hydrogen (secondary N) is 1. The second-order valence-electron chi connectivity index (χ2n) is 5.71. The van der Waals surface area contributed by atoms with Crippen LogP contribution < -0.4 is 11.1 Å². The van der Waals surface area contributed by atoms with Gasteiger partial charge < -0.3 is 11.1 Å². The van der Waals surface area contributed by atoms with Crippen molar-refractivity contribution in [3.8, 4) is 0 Å². The van der Waals surface area contributed by atoms with Gasteiger partial charge in [-0.1, -0.05) is 31.4 Å². The van der Waals surface area contributed by atoms with Crippen molar-refractivity contribution < 1.29 is 0 Å². The van der Waals surface area contributed by atoms with Crippen LogP contribution in [0.1, 0.15) is 38.2 Å². The van der Waals surface area contributed by atoms with Gasteiger partial charge in [-0.25, -0.2) is 0 Å². The molecule has 1 aromatic carbocycles. The molecule has 0 saturated heterocycles. The Hall–Kier alpha value is -0.890. The van der Waals surface area contributed by atoms with E-state index in [4.69, 9.17) is 17.3 Å². The zero-order chi connectivity index (χ0) is 13.1. The number of nitrogens with two attached hydrogens (primary N) is 1. The maximum absolute atomic E-state index is 6.07. The number of aryl methyl sites for hydroxylation is 1. The second kappa shape index (κ2) is 5.83. The Bertz CT molecular complexity index is 417. The van der Waals surface area contributed by atoms with Crippen LogP contribution in [0.25, 0.3) is 0 Å². The SMILES string of the molecule is Cc1cc(N)c(Cl)cc1NCC1CCCC(C)C1. The summed E-state index contributed by atoms with van der Waals surface area (Å²) in [4.78, 5) is 0. The van der Waals surface area contributed by atoms with Crippen LogP contribution in [-0.2, 0) is 0 Å². The first kappa shape index (κ1) is 13.5. The third-order valence-corrected chi connectivity index (χ3v) is 4.30. The third kappa shape index (κ3) is 3.32. The molecule has 2 rings (SSSR count). The Balaban J connectivity index is 1.95. The highest BCUT2D eigenvalue weighted by Gasteiger charge is 2.18. The molecular formula is C15H23ClN2. The minimum atomic E-state index is 0.639. The van der Waals surface area contributed by atoms with Gasteiger partial charge in [-0.3, -0.25) is 0 Å². The monoisotopic (exact) mass is 266 g/mol. The van der Waals surface area contributed by atoms with Crippen LogP contribution in [0.15, 0.2) is 12.1 Å². The standard InChI is InChI=1S/C15H23ClN2/c1-10-4-3-5-12(6-10)9-18-15-8-13(16)14(17)7-11(15)2/h7-8,10,12,18H,3-6,9,17H2,1-2H3. The maximum Gasteiger partial charge on any atom is 0.0656 e. The summed E-state index contributed by atoms with van der Waals surface area (Å²) in [7, 11) is 0. The minimum Gasteiger partial charge on any atom is -0.398 e. The topological polar surface area (TPSA) is 38.0 Å². The normalized spacial score (nSPS) is 23.9. The molecule has 0 amide bonds. The Labute approximate surface area is 115 Å². The molecule has 0 aromatic heterocycles. The summed E-state index contributed by atoms with van der Waals surface area (Å²) in [6.07, 6.45) is 5.45. The van der Waals surface area contributed by atoms with E-state index in [1.165, 1.54) is 31.2 Å². The van der Waals surface area contributed by atoms with Crippen molar-refractivity contribution in [3.05, 3.63) is 22.7 Å². The predicted octanol–water partition coefficient (Wildman–Crippen LogP) is 4.47. The quantitative estimate of drug-likeness (QED) is 0.792. The average Bonchev–Trinajstić information content (AvgIpc) is 2.32. The molecule has 1 fully saturated rings. The first-order valence-electron chi connectivity index (χ1n) is 6.85. The molecule has 2 unspecified atom stereocenters. The zero-order valence-corrected chi connectivity index (χ0v) is 12.1. The van der Waals surface area contributed by atoms with Crippen LogP contribution in [0.3, 0.4) is 0 Å². The highest BCUT2D eigenvalue weighted by atomic mass is 35.5. The lowest BCUT2D eigenvalue weighted by Gasteiger charge is -2.27. The summed E-state index contributed by atoms with van der Waals surface area (Å²) < 4.78 is 0. The summed E-state index contributed by atoms with van der Waals surface area (Å²) in [6.45, 7) is 5.47. The van der Waals surface area contributed by atoms with Gasteiger partial charge in [0, 0.05) is 12.2 Å². The number of rotatable bonds is 3. The fraction of sp³-hybridized carbons (Fsp3) is 0.600. The molecule has 100 valence electrons. The van der Waals surface area contributed by atoms with E-state index < -0.39 is 0 Å². The predicted molar refractivity (Wildman–Crippen MR) is 80.2 cm³/mol. The average molecular weight is 267 g/mol.